The molecule has 2 aromatic carbocycles. The molecular weight excluding hydrogens is 406 g/mol. The van der Waals surface area contributed by atoms with Crippen molar-refractivity contribution in [1.82, 2.24) is 14.8 Å². The first kappa shape index (κ1) is 20.3. The van der Waals surface area contributed by atoms with E-state index in [1.165, 1.54) is 13.2 Å². The minimum Gasteiger partial charge on any atom is -0.482 e. The van der Waals surface area contributed by atoms with E-state index in [0.717, 1.165) is 12.1 Å². The van der Waals surface area contributed by atoms with Gasteiger partial charge in [0.25, 0.3) is 0 Å². The summed E-state index contributed by atoms with van der Waals surface area (Å²) in [4.78, 5) is 16.0. The smallest absolute Gasteiger partial charge is 0.337 e. The van der Waals surface area contributed by atoms with Crippen LogP contribution in [0.3, 0.4) is 0 Å². The summed E-state index contributed by atoms with van der Waals surface area (Å²) in [5, 5.41) is 4.18. The van der Waals surface area contributed by atoms with Gasteiger partial charge in [0.1, 0.15) is 23.3 Å². The summed E-state index contributed by atoms with van der Waals surface area (Å²) >= 11 is 0. The van der Waals surface area contributed by atoms with E-state index in [1.807, 2.05) is 0 Å². The number of carbonyl (C=O) groups excluding carboxylic acids is 1. The molecule has 0 aliphatic carbocycles. The van der Waals surface area contributed by atoms with Gasteiger partial charge in [-0.2, -0.15) is 5.10 Å². The summed E-state index contributed by atoms with van der Waals surface area (Å²) < 4.78 is 40.6. The van der Waals surface area contributed by atoms with E-state index in [-0.39, 0.29) is 22.5 Å². The maximum Gasteiger partial charge on any atom is 0.337 e. The second-order valence-electron chi connectivity index (χ2n) is 6.77. The molecule has 0 fully saturated rings. The number of anilines is 1. The van der Waals surface area contributed by atoms with Crippen LogP contribution in [0, 0.1) is 11.6 Å². The van der Waals surface area contributed by atoms with E-state index >= 15 is 0 Å². The molecule has 7 nitrogen and oxygen atoms in total. The van der Waals surface area contributed by atoms with E-state index in [9.17, 15) is 13.6 Å². The van der Waals surface area contributed by atoms with Gasteiger partial charge >= 0.3 is 5.97 Å². The predicted octanol–water partition coefficient (Wildman–Crippen LogP) is 4.21. The molecule has 158 valence electrons. The number of benzene rings is 2. The number of pyridine rings is 1. The maximum atomic E-state index is 14.2. The van der Waals surface area contributed by atoms with Crippen LogP contribution in [0.4, 0.5) is 14.6 Å². The van der Waals surface area contributed by atoms with Crippen LogP contribution in [-0.4, -0.2) is 27.8 Å². The SMILES string of the molecule is COC(=O)c1ccc(-n2cccn2)c([C@H](C)Oc2cc3c(F)ccc(F)c3nc2N)c1. The number of nitrogens with zero attached hydrogens (tertiary/aromatic N) is 3. The Balaban J connectivity index is 1.77. The van der Waals surface area contributed by atoms with Gasteiger partial charge in [-0.3, -0.25) is 0 Å². The number of ether oxygens (including phenoxy) is 2. The quantitative estimate of drug-likeness (QED) is 0.483. The third kappa shape index (κ3) is 3.77. The first-order valence-corrected chi connectivity index (χ1v) is 9.32. The van der Waals surface area contributed by atoms with Crippen molar-refractivity contribution in [2.45, 2.75) is 13.0 Å². The fraction of sp³-hybridized carbons (Fsp3) is 0.136. The van der Waals surface area contributed by atoms with E-state index in [1.54, 1.807) is 48.3 Å². The first-order chi connectivity index (χ1) is 14.9. The predicted molar refractivity (Wildman–Crippen MR) is 110 cm³/mol. The molecule has 0 unspecified atom stereocenters. The van der Waals surface area contributed by atoms with Crippen LogP contribution in [0.15, 0.2) is 54.9 Å². The Kier molecular flexibility index (Phi) is 5.24. The number of nitrogen functional groups attached to an aromatic ring is 1. The second-order valence-corrected chi connectivity index (χ2v) is 6.77. The van der Waals surface area contributed by atoms with Gasteiger partial charge in [0, 0.05) is 23.3 Å². The zero-order valence-corrected chi connectivity index (χ0v) is 16.7. The van der Waals surface area contributed by atoms with Crippen molar-refractivity contribution in [2.24, 2.45) is 0 Å². The lowest BCUT2D eigenvalue weighted by molar-refractivity contribution is 0.0600. The van der Waals surface area contributed by atoms with Crippen molar-refractivity contribution in [2.75, 3.05) is 12.8 Å². The monoisotopic (exact) mass is 424 g/mol. The maximum absolute atomic E-state index is 14.2. The molecule has 0 aliphatic rings. The van der Waals surface area contributed by atoms with Crippen molar-refractivity contribution >= 4 is 22.7 Å². The molecule has 31 heavy (non-hydrogen) atoms. The van der Waals surface area contributed by atoms with Gasteiger partial charge < -0.3 is 15.2 Å². The molecule has 0 saturated carbocycles. The normalized spacial score (nSPS) is 12.0. The molecule has 0 aliphatic heterocycles. The fourth-order valence-corrected chi connectivity index (χ4v) is 3.28. The average Bonchev–Trinajstić information content (AvgIpc) is 3.31. The summed E-state index contributed by atoms with van der Waals surface area (Å²) in [7, 11) is 1.29. The molecule has 4 aromatic rings. The Hall–Kier alpha value is -4.01. The van der Waals surface area contributed by atoms with Gasteiger partial charge in [0.2, 0.25) is 0 Å². The number of fused-ring (bicyclic) bond motifs is 1. The lowest BCUT2D eigenvalue weighted by Crippen LogP contribution is -2.12. The average molecular weight is 424 g/mol. The lowest BCUT2D eigenvalue weighted by atomic mass is 10.0. The fourth-order valence-electron chi connectivity index (χ4n) is 3.28. The molecule has 0 saturated heterocycles. The van der Waals surface area contributed by atoms with Crippen LogP contribution in [0.25, 0.3) is 16.6 Å². The van der Waals surface area contributed by atoms with Gasteiger partial charge in [-0.1, -0.05) is 0 Å². The summed E-state index contributed by atoms with van der Waals surface area (Å²) in [6.45, 7) is 1.73. The number of hydrogen-bond donors (Lipinski definition) is 1. The summed E-state index contributed by atoms with van der Waals surface area (Å²) in [6.07, 6.45) is 2.71. The molecule has 2 N–H and O–H groups in total. The Bertz CT molecular complexity index is 1280. The highest BCUT2D eigenvalue weighted by atomic mass is 19.1. The van der Waals surface area contributed by atoms with Crippen molar-refractivity contribution in [1.29, 1.82) is 0 Å². The molecule has 2 heterocycles. The van der Waals surface area contributed by atoms with Crippen LogP contribution in [0.1, 0.15) is 28.9 Å². The van der Waals surface area contributed by atoms with Crippen LogP contribution in [0.2, 0.25) is 0 Å². The minimum absolute atomic E-state index is 0.0491. The van der Waals surface area contributed by atoms with Crippen LogP contribution < -0.4 is 10.5 Å². The number of nitrogens with two attached hydrogens (primary N) is 1. The van der Waals surface area contributed by atoms with Crippen LogP contribution in [-0.2, 0) is 4.74 Å². The number of halogens is 2. The molecule has 0 radical (unpaired) electrons. The van der Waals surface area contributed by atoms with Gasteiger partial charge in [0.15, 0.2) is 11.6 Å². The highest BCUT2D eigenvalue weighted by Crippen LogP contribution is 2.33. The Morgan fingerprint density at radius 1 is 1.16 bits per heavy atom. The summed E-state index contributed by atoms with van der Waals surface area (Å²) in [6, 6.07) is 10.0. The first-order valence-electron chi connectivity index (χ1n) is 9.32. The van der Waals surface area contributed by atoms with Gasteiger partial charge in [0.05, 0.1) is 18.4 Å². The van der Waals surface area contributed by atoms with E-state index in [2.05, 4.69) is 10.1 Å². The van der Waals surface area contributed by atoms with Crippen molar-refractivity contribution in [3.8, 4) is 11.4 Å². The molecule has 2 aromatic heterocycles. The van der Waals surface area contributed by atoms with E-state index in [0.29, 0.717) is 16.8 Å². The van der Waals surface area contributed by atoms with Crippen LogP contribution in [0.5, 0.6) is 5.75 Å². The van der Waals surface area contributed by atoms with Gasteiger partial charge in [-0.15, -0.1) is 0 Å². The highest BCUT2D eigenvalue weighted by molar-refractivity contribution is 5.90. The van der Waals surface area contributed by atoms with E-state index in [4.69, 9.17) is 15.2 Å². The lowest BCUT2D eigenvalue weighted by Gasteiger charge is -2.20. The zero-order valence-electron chi connectivity index (χ0n) is 16.7. The Morgan fingerprint density at radius 2 is 1.94 bits per heavy atom. The Labute approximate surface area is 176 Å². The van der Waals surface area contributed by atoms with Crippen molar-refractivity contribution in [3.05, 3.63) is 77.6 Å². The minimum atomic E-state index is -0.686. The molecule has 9 heteroatoms. The molecule has 1 atom stereocenters. The topological polar surface area (TPSA) is 92.3 Å². The van der Waals surface area contributed by atoms with Gasteiger partial charge in [-0.25, -0.2) is 23.2 Å². The molecule has 0 bridgehead atoms. The summed E-state index contributed by atoms with van der Waals surface area (Å²) in [5.41, 5.74) is 7.35. The van der Waals surface area contributed by atoms with Crippen LogP contribution >= 0.6 is 0 Å². The third-order valence-corrected chi connectivity index (χ3v) is 4.82. The number of aromatic nitrogens is 3. The zero-order chi connectivity index (χ0) is 22.1. The molecule has 0 spiro atoms. The molecule has 0 amide bonds. The Morgan fingerprint density at radius 3 is 2.65 bits per heavy atom. The number of hydrogen-bond acceptors (Lipinski definition) is 6. The van der Waals surface area contributed by atoms with Crippen molar-refractivity contribution in [3.63, 3.8) is 0 Å². The summed E-state index contributed by atoms with van der Waals surface area (Å²) in [5.74, 6) is -1.85. The molecule has 4 rings (SSSR count). The largest absolute Gasteiger partial charge is 0.482 e. The number of esters is 1. The van der Waals surface area contributed by atoms with Gasteiger partial charge in [-0.05, 0) is 49.4 Å². The standard InChI is InChI=1S/C22H18F2N4O3/c1-12(31-19-11-15-16(23)5-6-17(24)20(15)27-21(19)25)14-10-13(22(29)30-2)4-7-18(14)28-9-3-8-26-28/h3-12H,1-2H3,(H2,25,27)/t12-/m0/s1. The molecular formula is C22H18F2N4O3. The number of methoxy groups -OCH3 is 1. The highest BCUT2D eigenvalue weighted by Gasteiger charge is 2.20. The second kappa shape index (κ2) is 8.02. The van der Waals surface area contributed by atoms with Crippen molar-refractivity contribution < 1.29 is 23.0 Å². The third-order valence-electron chi connectivity index (χ3n) is 4.82. The number of rotatable bonds is 5. The van der Waals surface area contributed by atoms with E-state index < -0.39 is 23.7 Å². The number of carbonyl (C=O) groups is 1.